The summed E-state index contributed by atoms with van der Waals surface area (Å²) >= 11 is 0. The first-order chi connectivity index (χ1) is 10.6. The topological polar surface area (TPSA) is 0 Å². The van der Waals surface area contributed by atoms with Gasteiger partial charge >= 0.3 is 0 Å². The third kappa shape index (κ3) is 6.53. The lowest BCUT2D eigenvalue weighted by Crippen LogP contribution is -2.24. The van der Waals surface area contributed by atoms with Crippen molar-refractivity contribution in [3.05, 3.63) is 34.9 Å². The van der Waals surface area contributed by atoms with Gasteiger partial charge < -0.3 is 0 Å². The summed E-state index contributed by atoms with van der Waals surface area (Å²) in [6, 6.07) is 3.14. The highest BCUT2D eigenvalue weighted by atomic mass is 19.1. The molecule has 0 amide bonds. The summed E-state index contributed by atoms with van der Waals surface area (Å²) in [6.45, 7) is 19.2. The fourth-order valence-corrected chi connectivity index (χ4v) is 3.10. The molecule has 24 heavy (non-hydrogen) atoms. The molecule has 0 saturated carbocycles. The van der Waals surface area contributed by atoms with Crippen molar-refractivity contribution >= 4 is 0 Å². The van der Waals surface area contributed by atoms with E-state index in [4.69, 9.17) is 0 Å². The lowest BCUT2D eigenvalue weighted by molar-refractivity contribution is 0.228. The second-order valence-corrected chi connectivity index (χ2v) is 10.7. The fraction of sp³-hybridized carbons (Fsp3) is 0.727. The van der Waals surface area contributed by atoms with Gasteiger partial charge in [0.1, 0.15) is 11.6 Å². The van der Waals surface area contributed by atoms with E-state index < -0.39 is 11.6 Å². The van der Waals surface area contributed by atoms with E-state index in [1.54, 1.807) is 12.1 Å². The van der Waals surface area contributed by atoms with E-state index in [0.29, 0.717) is 6.42 Å². The number of hydrogen-bond acceptors (Lipinski definition) is 0. The maximum absolute atomic E-state index is 14.6. The van der Waals surface area contributed by atoms with Crippen LogP contribution in [0.2, 0.25) is 0 Å². The third-order valence-electron chi connectivity index (χ3n) is 4.55. The smallest absolute Gasteiger partial charge is 0.129 e. The van der Waals surface area contributed by atoms with Gasteiger partial charge in [-0.15, -0.1) is 0 Å². The van der Waals surface area contributed by atoms with Crippen LogP contribution in [0.5, 0.6) is 0 Å². The van der Waals surface area contributed by atoms with Crippen LogP contribution in [0.15, 0.2) is 12.1 Å². The summed E-state index contributed by atoms with van der Waals surface area (Å²) in [5.41, 5.74) is 1.15. The van der Waals surface area contributed by atoms with Gasteiger partial charge in [0.15, 0.2) is 0 Å². The van der Waals surface area contributed by atoms with Crippen molar-refractivity contribution in [3.63, 3.8) is 0 Å². The van der Waals surface area contributed by atoms with Gasteiger partial charge in [0.25, 0.3) is 0 Å². The molecule has 0 N–H and O–H groups in total. The van der Waals surface area contributed by atoms with Crippen LogP contribution in [0.25, 0.3) is 0 Å². The van der Waals surface area contributed by atoms with Crippen LogP contribution in [-0.2, 0) is 6.42 Å². The highest BCUT2D eigenvalue weighted by Crippen LogP contribution is 2.43. The highest BCUT2D eigenvalue weighted by molar-refractivity contribution is 5.30. The molecule has 0 aliphatic carbocycles. The summed E-state index contributed by atoms with van der Waals surface area (Å²) in [4.78, 5) is 0. The predicted molar refractivity (Wildman–Crippen MR) is 100 cm³/mol. The third-order valence-corrected chi connectivity index (χ3v) is 4.55. The summed E-state index contributed by atoms with van der Waals surface area (Å²) in [7, 11) is 0. The molecule has 0 aliphatic heterocycles. The molecule has 0 nitrogen and oxygen atoms in total. The van der Waals surface area contributed by atoms with Crippen LogP contribution in [0.4, 0.5) is 8.78 Å². The van der Waals surface area contributed by atoms with Crippen molar-refractivity contribution in [2.24, 2.45) is 16.2 Å². The Labute approximate surface area is 148 Å². The van der Waals surface area contributed by atoms with E-state index in [1.807, 2.05) is 0 Å². The molecule has 0 saturated heterocycles. The summed E-state index contributed by atoms with van der Waals surface area (Å²) in [5.74, 6) is -0.659. The van der Waals surface area contributed by atoms with E-state index in [-0.39, 0.29) is 27.7 Å². The van der Waals surface area contributed by atoms with Crippen LogP contribution in [0.3, 0.4) is 0 Å². The molecule has 2 heteroatoms. The Morgan fingerprint density at radius 3 is 1.58 bits per heavy atom. The monoisotopic (exact) mass is 338 g/mol. The lowest BCUT2D eigenvalue weighted by Gasteiger charge is -2.36. The molecule has 0 heterocycles. The van der Waals surface area contributed by atoms with Gasteiger partial charge in [-0.1, -0.05) is 62.3 Å². The summed E-state index contributed by atoms with van der Waals surface area (Å²) in [6.07, 6.45) is 2.11. The average Bonchev–Trinajstić information content (AvgIpc) is 2.30. The highest BCUT2D eigenvalue weighted by Gasteiger charge is 2.31. The SMILES string of the molecule is CC(C)(C)CCc1c(F)cc(C(CC(C)(C)C)C(C)(C)C)cc1F. The van der Waals surface area contributed by atoms with Crippen molar-refractivity contribution in [2.45, 2.75) is 87.5 Å². The Morgan fingerprint density at radius 2 is 1.25 bits per heavy atom. The molecule has 0 bridgehead atoms. The molecule has 1 atom stereocenters. The van der Waals surface area contributed by atoms with Crippen molar-refractivity contribution in [3.8, 4) is 0 Å². The van der Waals surface area contributed by atoms with Gasteiger partial charge in [-0.3, -0.25) is 0 Å². The van der Waals surface area contributed by atoms with Crippen molar-refractivity contribution < 1.29 is 8.78 Å². The zero-order chi connectivity index (χ0) is 18.9. The Kier molecular flexibility index (Phi) is 6.28. The van der Waals surface area contributed by atoms with Gasteiger partial charge in [-0.05, 0) is 59.1 Å². The molecular weight excluding hydrogens is 302 g/mol. The molecule has 1 aromatic rings. The van der Waals surface area contributed by atoms with Crippen molar-refractivity contribution in [1.82, 2.24) is 0 Å². The Bertz CT molecular complexity index is 528. The van der Waals surface area contributed by atoms with Crippen LogP contribution in [0.1, 0.15) is 92.2 Å². The molecule has 1 aromatic carbocycles. The number of rotatable bonds is 4. The molecule has 138 valence electrons. The van der Waals surface area contributed by atoms with E-state index in [1.165, 1.54) is 0 Å². The maximum Gasteiger partial charge on any atom is 0.129 e. The average molecular weight is 339 g/mol. The number of hydrogen-bond donors (Lipinski definition) is 0. The maximum atomic E-state index is 14.6. The second kappa shape index (κ2) is 7.14. The number of benzene rings is 1. The quantitative estimate of drug-likeness (QED) is 0.533. The zero-order valence-electron chi connectivity index (χ0n) is 17.1. The predicted octanol–water partition coefficient (Wildman–Crippen LogP) is 7.51. The zero-order valence-corrected chi connectivity index (χ0v) is 17.1. The van der Waals surface area contributed by atoms with Gasteiger partial charge in [-0.2, -0.15) is 0 Å². The van der Waals surface area contributed by atoms with E-state index in [2.05, 4.69) is 62.3 Å². The van der Waals surface area contributed by atoms with E-state index >= 15 is 0 Å². The minimum atomic E-state index is -0.391. The second-order valence-electron chi connectivity index (χ2n) is 10.7. The lowest BCUT2D eigenvalue weighted by atomic mass is 9.69. The molecule has 0 fully saturated rings. The van der Waals surface area contributed by atoms with Gasteiger partial charge in [0.2, 0.25) is 0 Å². The fourth-order valence-electron chi connectivity index (χ4n) is 3.10. The van der Waals surface area contributed by atoms with Crippen molar-refractivity contribution in [1.29, 1.82) is 0 Å². The Hall–Kier alpha value is -0.920. The molecule has 0 aliphatic rings. The number of halogens is 2. The first kappa shape index (κ1) is 21.1. The van der Waals surface area contributed by atoms with Crippen LogP contribution in [0, 0.1) is 27.9 Å². The molecule has 0 spiro atoms. The first-order valence-corrected chi connectivity index (χ1v) is 9.08. The molecule has 0 radical (unpaired) electrons. The summed E-state index contributed by atoms with van der Waals surface area (Å²) < 4.78 is 29.3. The van der Waals surface area contributed by atoms with Crippen LogP contribution < -0.4 is 0 Å². The molecular formula is C22H36F2. The van der Waals surface area contributed by atoms with Crippen LogP contribution >= 0.6 is 0 Å². The Morgan fingerprint density at radius 1 is 0.792 bits per heavy atom. The first-order valence-electron chi connectivity index (χ1n) is 9.08. The normalized spacial score (nSPS) is 14.8. The standard InChI is InChI=1S/C22H36F2/c1-20(2,3)11-10-16-18(23)12-15(13-19(16)24)17(22(7,8)9)14-21(4,5)6/h12-13,17H,10-11,14H2,1-9H3. The Balaban J connectivity index is 3.20. The van der Waals surface area contributed by atoms with Gasteiger partial charge in [-0.25, -0.2) is 8.78 Å². The summed E-state index contributed by atoms with van der Waals surface area (Å²) in [5, 5.41) is 0. The van der Waals surface area contributed by atoms with Crippen molar-refractivity contribution in [2.75, 3.05) is 0 Å². The van der Waals surface area contributed by atoms with E-state index in [0.717, 1.165) is 18.4 Å². The minimum absolute atomic E-state index is 0.0426. The van der Waals surface area contributed by atoms with E-state index in [9.17, 15) is 8.78 Å². The van der Waals surface area contributed by atoms with Crippen LogP contribution in [-0.4, -0.2) is 0 Å². The van der Waals surface area contributed by atoms with Gasteiger partial charge in [0.05, 0.1) is 0 Å². The minimum Gasteiger partial charge on any atom is -0.207 e. The molecule has 1 unspecified atom stereocenters. The largest absolute Gasteiger partial charge is 0.207 e. The van der Waals surface area contributed by atoms with Gasteiger partial charge in [0, 0.05) is 5.56 Å². The molecule has 0 aromatic heterocycles. The molecule has 1 rings (SSSR count).